The highest BCUT2D eigenvalue weighted by molar-refractivity contribution is 7.89. The zero-order valence-electron chi connectivity index (χ0n) is 14.7. The number of rotatable bonds is 4. The van der Waals surface area contributed by atoms with Gasteiger partial charge in [0.1, 0.15) is 0 Å². The van der Waals surface area contributed by atoms with Crippen LogP contribution in [0, 0.1) is 6.92 Å². The lowest BCUT2D eigenvalue weighted by Crippen LogP contribution is -2.46. The maximum absolute atomic E-state index is 12.7. The first kappa shape index (κ1) is 18.4. The largest absolute Gasteiger partial charge is 0.399 e. The summed E-state index contributed by atoms with van der Waals surface area (Å²) >= 11 is 0. The third-order valence-corrected chi connectivity index (χ3v) is 6.53. The lowest BCUT2D eigenvalue weighted by molar-refractivity contribution is 0.0924. The molecule has 3 N–H and O–H groups in total. The van der Waals surface area contributed by atoms with Gasteiger partial charge in [-0.3, -0.25) is 4.79 Å². The Morgan fingerprint density at radius 2 is 1.62 bits per heavy atom. The van der Waals surface area contributed by atoms with E-state index in [2.05, 4.69) is 5.32 Å². The fourth-order valence-corrected chi connectivity index (χ4v) is 4.47. The molecule has 0 spiro atoms. The van der Waals surface area contributed by atoms with E-state index >= 15 is 0 Å². The number of benzene rings is 2. The minimum Gasteiger partial charge on any atom is -0.399 e. The second kappa shape index (κ2) is 7.47. The predicted molar refractivity (Wildman–Crippen MR) is 101 cm³/mol. The van der Waals surface area contributed by atoms with Gasteiger partial charge in [0.15, 0.2) is 0 Å². The predicted octanol–water partition coefficient (Wildman–Crippen LogP) is 2.16. The molecule has 1 fully saturated rings. The summed E-state index contributed by atoms with van der Waals surface area (Å²) < 4.78 is 26.9. The van der Waals surface area contributed by atoms with E-state index in [1.54, 1.807) is 48.5 Å². The van der Waals surface area contributed by atoms with Crippen molar-refractivity contribution in [2.45, 2.75) is 30.7 Å². The number of amides is 1. The van der Waals surface area contributed by atoms with Gasteiger partial charge in [0, 0.05) is 30.4 Å². The molecule has 6 nitrogen and oxygen atoms in total. The number of piperidine rings is 1. The smallest absolute Gasteiger partial charge is 0.251 e. The van der Waals surface area contributed by atoms with Gasteiger partial charge >= 0.3 is 0 Å². The van der Waals surface area contributed by atoms with Crippen molar-refractivity contribution >= 4 is 21.6 Å². The number of hydrogen-bond acceptors (Lipinski definition) is 4. The summed E-state index contributed by atoms with van der Waals surface area (Å²) in [7, 11) is -3.48. The van der Waals surface area contributed by atoms with Gasteiger partial charge in [0.2, 0.25) is 10.0 Å². The Kier molecular flexibility index (Phi) is 5.29. The Hall–Kier alpha value is -2.38. The molecule has 0 unspecified atom stereocenters. The number of nitrogen functional groups attached to an aromatic ring is 1. The Bertz CT molecular complexity index is 869. The monoisotopic (exact) mass is 373 g/mol. The zero-order valence-corrected chi connectivity index (χ0v) is 15.5. The van der Waals surface area contributed by atoms with Crippen LogP contribution in [0.25, 0.3) is 0 Å². The summed E-state index contributed by atoms with van der Waals surface area (Å²) in [5, 5.41) is 2.97. The molecule has 2 aromatic carbocycles. The van der Waals surface area contributed by atoms with Crippen LogP contribution in [-0.4, -0.2) is 37.8 Å². The second-order valence-electron chi connectivity index (χ2n) is 6.59. The van der Waals surface area contributed by atoms with E-state index in [9.17, 15) is 13.2 Å². The van der Waals surface area contributed by atoms with Crippen LogP contribution in [0.3, 0.4) is 0 Å². The number of nitrogens with one attached hydrogen (secondary N) is 1. The third kappa shape index (κ3) is 4.05. The molecular weight excluding hydrogens is 350 g/mol. The average Bonchev–Trinajstić information content (AvgIpc) is 2.63. The summed E-state index contributed by atoms with van der Waals surface area (Å²) in [4.78, 5) is 12.6. The summed E-state index contributed by atoms with van der Waals surface area (Å²) in [6.45, 7) is 2.71. The minimum atomic E-state index is -3.48. The molecule has 0 atom stereocenters. The van der Waals surface area contributed by atoms with Crippen LogP contribution in [0.15, 0.2) is 53.4 Å². The molecule has 1 aliphatic heterocycles. The van der Waals surface area contributed by atoms with Gasteiger partial charge in [-0.05, 0) is 56.2 Å². The van der Waals surface area contributed by atoms with Gasteiger partial charge < -0.3 is 11.1 Å². The third-order valence-electron chi connectivity index (χ3n) is 4.62. The van der Waals surface area contributed by atoms with E-state index in [1.165, 1.54) is 4.31 Å². The summed E-state index contributed by atoms with van der Waals surface area (Å²) in [5.41, 5.74) is 7.81. The zero-order chi connectivity index (χ0) is 18.7. The fraction of sp³-hybridized carbons (Fsp3) is 0.316. The maximum Gasteiger partial charge on any atom is 0.251 e. The lowest BCUT2D eigenvalue weighted by atomic mass is 10.1. The number of nitrogens with zero attached hydrogens (tertiary/aromatic N) is 1. The molecule has 138 valence electrons. The van der Waals surface area contributed by atoms with E-state index in [4.69, 9.17) is 5.73 Å². The Morgan fingerprint density at radius 3 is 2.19 bits per heavy atom. The normalized spacial score (nSPS) is 16.3. The van der Waals surface area contributed by atoms with Gasteiger partial charge in [-0.1, -0.05) is 17.7 Å². The number of aryl methyl sites for hydroxylation is 1. The number of hydrogen-bond donors (Lipinski definition) is 2. The molecule has 1 amide bonds. The Labute approximate surface area is 154 Å². The summed E-state index contributed by atoms with van der Waals surface area (Å²) in [5.74, 6) is -0.162. The number of carbonyl (C=O) groups is 1. The van der Waals surface area contributed by atoms with Crippen molar-refractivity contribution in [3.05, 3.63) is 59.7 Å². The summed E-state index contributed by atoms with van der Waals surface area (Å²) in [6, 6.07) is 13.6. The number of carbonyl (C=O) groups excluding carboxylic acids is 1. The summed E-state index contributed by atoms with van der Waals surface area (Å²) in [6.07, 6.45) is 1.18. The molecule has 3 rings (SSSR count). The van der Waals surface area contributed by atoms with Crippen molar-refractivity contribution < 1.29 is 13.2 Å². The van der Waals surface area contributed by atoms with Gasteiger partial charge in [0.25, 0.3) is 5.91 Å². The fourth-order valence-electron chi connectivity index (χ4n) is 3.00. The number of nitrogens with two attached hydrogens (primary N) is 1. The molecule has 1 aliphatic rings. The molecule has 0 bridgehead atoms. The van der Waals surface area contributed by atoms with Crippen molar-refractivity contribution in [3.63, 3.8) is 0 Å². The van der Waals surface area contributed by atoms with E-state index in [0.717, 1.165) is 5.56 Å². The first-order valence-electron chi connectivity index (χ1n) is 8.59. The molecule has 2 aromatic rings. The van der Waals surface area contributed by atoms with E-state index in [1.807, 2.05) is 6.92 Å². The number of anilines is 1. The molecule has 0 aromatic heterocycles. The Morgan fingerprint density at radius 1 is 1.04 bits per heavy atom. The van der Waals surface area contributed by atoms with Gasteiger partial charge in [-0.25, -0.2) is 8.42 Å². The molecule has 7 heteroatoms. The SMILES string of the molecule is Cc1ccc(S(=O)(=O)N2CCC(NC(=O)c3ccc(N)cc3)CC2)cc1. The standard InChI is InChI=1S/C19H23N3O3S/c1-14-2-8-18(9-3-14)26(24,25)22-12-10-17(11-13-22)21-19(23)15-4-6-16(20)7-5-15/h2-9,17H,10-13,20H2,1H3,(H,21,23). The molecule has 0 aliphatic carbocycles. The highest BCUT2D eigenvalue weighted by Gasteiger charge is 2.29. The van der Waals surface area contributed by atoms with Crippen LogP contribution < -0.4 is 11.1 Å². The van der Waals surface area contributed by atoms with Crippen molar-refractivity contribution in [1.29, 1.82) is 0 Å². The van der Waals surface area contributed by atoms with Crippen LogP contribution in [-0.2, 0) is 10.0 Å². The first-order valence-corrected chi connectivity index (χ1v) is 10.0. The van der Waals surface area contributed by atoms with E-state index in [0.29, 0.717) is 42.1 Å². The van der Waals surface area contributed by atoms with Crippen LogP contribution in [0.5, 0.6) is 0 Å². The van der Waals surface area contributed by atoms with Crippen molar-refractivity contribution in [2.24, 2.45) is 0 Å². The maximum atomic E-state index is 12.7. The van der Waals surface area contributed by atoms with Crippen molar-refractivity contribution in [1.82, 2.24) is 9.62 Å². The molecule has 0 radical (unpaired) electrons. The van der Waals surface area contributed by atoms with Crippen molar-refractivity contribution in [3.8, 4) is 0 Å². The molecule has 1 heterocycles. The Balaban J connectivity index is 1.59. The van der Waals surface area contributed by atoms with Crippen LogP contribution in [0.4, 0.5) is 5.69 Å². The highest BCUT2D eigenvalue weighted by Crippen LogP contribution is 2.21. The van der Waals surface area contributed by atoms with Gasteiger partial charge in [-0.15, -0.1) is 0 Å². The first-order chi connectivity index (χ1) is 12.4. The van der Waals surface area contributed by atoms with Gasteiger partial charge in [0.05, 0.1) is 4.90 Å². The van der Waals surface area contributed by atoms with E-state index in [-0.39, 0.29) is 11.9 Å². The topological polar surface area (TPSA) is 92.5 Å². The van der Waals surface area contributed by atoms with Crippen LogP contribution in [0.1, 0.15) is 28.8 Å². The lowest BCUT2D eigenvalue weighted by Gasteiger charge is -2.31. The van der Waals surface area contributed by atoms with Crippen LogP contribution in [0.2, 0.25) is 0 Å². The molecule has 26 heavy (non-hydrogen) atoms. The van der Waals surface area contributed by atoms with Crippen LogP contribution >= 0.6 is 0 Å². The molecule has 0 saturated carbocycles. The van der Waals surface area contributed by atoms with E-state index < -0.39 is 10.0 Å². The molecular formula is C19H23N3O3S. The quantitative estimate of drug-likeness (QED) is 0.803. The second-order valence-corrected chi connectivity index (χ2v) is 8.52. The number of sulfonamides is 1. The minimum absolute atomic E-state index is 0.0375. The molecule has 1 saturated heterocycles. The van der Waals surface area contributed by atoms with Gasteiger partial charge in [-0.2, -0.15) is 4.31 Å². The average molecular weight is 373 g/mol. The highest BCUT2D eigenvalue weighted by atomic mass is 32.2. The van der Waals surface area contributed by atoms with Crippen molar-refractivity contribution in [2.75, 3.05) is 18.8 Å².